The number of rotatable bonds is 10. The van der Waals surface area contributed by atoms with Gasteiger partial charge in [0.2, 0.25) is 0 Å². The minimum atomic E-state index is -4.44. The molecule has 1 aromatic heterocycles. The fourth-order valence-corrected chi connectivity index (χ4v) is 4.66. The first-order valence-electron chi connectivity index (χ1n) is 12.9. The molecule has 0 aliphatic carbocycles. The Hall–Kier alpha value is -4.47. The molecule has 0 fully saturated rings. The lowest BCUT2D eigenvalue weighted by Crippen LogP contribution is -2.23. The first kappa shape index (κ1) is 27.1. The number of halogens is 3. The van der Waals surface area contributed by atoms with Gasteiger partial charge < -0.3 is 23.7 Å². The van der Waals surface area contributed by atoms with Crippen LogP contribution in [0.25, 0.3) is 10.9 Å². The number of anilines is 1. The SMILES string of the molecule is CCOC(=O)Cn1ccc2cc(OCCCOc3cccc4c3CN(c3ccc(C(F)(F)F)cc3)C4=O)ccc21. The van der Waals surface area contributed by atoms with Gasteiger partial charge in [0.15, 0.2) is 0 Å². The van der Waals surface area contributed by atoms with Crippen molar-refractivity contribution >= 4 is 28.5 Å². The van der Waals surface area contributed by atoms with E-state index in [1.54, 1.807) is 25.1 Å². The zero-order chi connectivity index (χ0) is 28.3. The number of esters is 1. The Balaban J connectivity index is 1.15. The van der Waals surface area contributed by atoms with Crippen LogP contribution in [0, 0.1) is 0 Å². The Morgan fingerprint density at radius 3 is 2.50 bits per heavy atom. The number of alkyl halides is 3. The predicted molar refractivity (Wildman–Crippen MR) is 143 cm³/mol. The second-order valence-corrected chi connectivity index (χ2v) is 9.24. The summed E-state index contributed by atoms with van der Waals surface area (Å²) < 4.78 is 57.4. The third-order valence-electron chi connectivity index (χ3n) is 6.59. The lowest BCUT2D eigenvalue weighted by Gasteiger charge is -2.17. The molecule has 5 rings (SSSR count). The van der Waals surface area contributed by atoms with Gasteiger partial charge in [0.25, 0.3) is 5.91 Å². The molecule has 0 saturated carbocycles. The number of amides is 1. The molecule has 0 atom stereocenters. The van der Waals surface area contributed by atoms with Crippen molar-refractivity contribution in [3.8, 4) is 11.5 Å². The van der Waals surface area contributed by atoms with Crippen LogP contribution in [0.15, 0.2) is 72.9 Å². The van der Waals surface area contributed by atoms with E-state index >= 15 is 0 Å². The molecule has 0 spiro atoms. The summed E-state index contributed by atoms with van der Waals surface area (Å²) in [7, 11) is 0. The highest BCUT2D eigenvalue weighted by Crippen LogP contribution is 2.36. The lowest BCUT2D eigenvalue weighted by atomic mass is 10.1. The molecule has 3 aromatic carbocycles. The summed E-state index contributed by atoms with van der Waals surface area (Å²) in [5.41, 5.74) is 1.70. The summed E-state index contributed by atoms with van der Waals surface area (Å²) in [6.07, 6.45) is -2.02. The van der Waals surface area contributed by atoms with Gasteiger partial charge in [-0.1, -0.05) is 6.07 Å². The number of hydrogen-bond acceptors (Lipinski definition) is 5. The Morgan fingerprint density at radius 1 is 0.975 bits per heavy atom. The molecule has 0 radical (unpaired) electrons. The molecule has 0 N–H and O–H groups in total. The van der Waals surface area contributed by atoms with Gasteiger partial charge >= 0.3 is 12.1 Å². The molecule has 1 aliphatic rings. The maximum atomic E-state index is 12.9. The van der Waals surface area contributed by atoms with Crippen molar-refractivity contribution in [1.29, 1.82) is 0 Å². The van der Waals surface area contributed by atoms with Crippen LogP contribution in [0.4, 0.5) is 18.9 Å². The highest BCUT2D eigenvalue weighted by molar-refractivity contribution is 6.10. The Labute approximate surface area is 228 Å². The fourth-order valence-electron chi connectivity index (χ4n) is 4.66. The zero-order valence-electron chi connectivity index (χ0n) is 21.7. The third-order valence-corrected chi connectivity index (χ3v) is 6.59. The Kier molecular flexibility index (Phi) is 7.68. The maximum Gasteiger partial charge on any atom is 0.416 e. The molecule has 208 valence electrons. The summed E-state index contributed by atoms with van der Waals surface area (Å²) in [4.78, 5) is 26.2. The van der Waals surface area contributed by atoms with Crippen LogP contribution in [0.1, 0.15) is 34.8 Å². The van der Waals surface area contributed by atoms with Crippen molar-refractivity contribution in [2.24, 2.45) is 0 Å². The van der Waals surface area contributed by atoms with Gasteiger partial charge in [-0.15, -0.1) is 0 Å². The molecule has 7 nitrogen and oxygen atoms in total. The topological polar surface area (TPSA) is 70.0 Å². The van der Waals surface area contributed by atoms with Gasteiger partial charge in [-0.05, 0) is 67.6 Å². The number of nitrogens with zero attached hydrogens (tertiary/aromatic N) is 2. The average molecular weight is 553 g/mol. The highest BCUT2D eigenvalue weighted by atomic mass is 19.4. The van der Waals surface area contributed by atoms with Crippen molar-refractivity contribution in [1.82, 2.24) is 4.57 Å². The summed E-state index contributed by atoms with van der Waals surface area (Å²) in [5.74, 6) is 0.681. The number of fused-ring (bicyclic) bond motifs is 2. The minimum Gasteiger partial charge on any atom is -0.493 e. The lowest BCUT2D eigenvalue weighted by molar-refractivity contribution is -0.143. The van der Waals surface area contributed by atoms with Gasteiger partial charge in [-0.25, -0.2) is 0 Å². The van der Waals surface area contributed by atoms with E-state index in [1.165, 1.54) is 17.0 Å². The van der Waals surface area contributed by atoms with Crippen LogP contribution >= 0.6 is 0 Å². The second-order valence-electron chi connectivity index (χ2n) is 9.24. The second kappa shape index (κ2) is 11.3. The first-order valence-corrected chi connectivity index (χ1v) is 12.9. The summed E-state index contributed by atoms with van der Waals surface area (Å²) in [6.45, 7) is 3.22. The summed E-state index contributed by atoms with van der Waals surface area (Å²) in [6, 6.07) is 17.3. The number of carbonyl (C=O) groups excluding carboxylic acids is 2. The Bertz CT molecular complexity index is 1530. The minimum absolute atomic E-state index is 0.145. The van der Waals surface area contributed by atoms with Crippen molar-refractivity contribution in [3.63, 3.8) is 0 Å². The van der Waals surface area contributed by atoms with Crippen molar-refractivity contribution in [2.45, 2.75) is 32.6 Å². The molecular weight excluding hydrogens is 525 g/mol. The van der Waals surface area contributed by atoms with Gasteiger partial charge in [-0.3, -0.25) is 9.59 Å². The normalized spacial score (nSPS) is 13.0. The molecule has 4 aromatic rings. The summed E-state index contributed by atoms with van der Waals surface area (Å²) >= 11 is 0. The van der Waals surface area contributed by atoms with E-state index in [0.29, 0.717) is 54.6 Å². The van der Waals surface area contributed by atoms with Crippen LogP contribution in [0.2, 0.25) is 0 Å². The Morgan fingerprint density at radius 2 is 1.75 bits per heavy atom. The number of aromatic nitrogens is 1. The van der Waals surface area contributed by atoms with Gasteiger partial charge in [0.1, 0.15) is 18.0 Å². The van der Waals surface area contributed by atoms with Gasteiger partial charge in [0.05, 0.1) is 31.9 Å². The molecule has 10 heteroatoms. The van der Waals surface area contributed by atoms with E-state index in [9.17, 15) is 22.8 Å². The van der Waals surface area contributed by atoms with Crippen molar-refractivity contribution in [2.75, 3.05) is 24.7 Å². The molecule has 2 heterocycles. The molecular formula is C30H27F3N2O5. The zero-order valence-corrected chi connectivity index (χ0v) is 21.7. The molecule has 0 saturated heterocycles. The monoisotopic (exact) mass is 552 g/mol. The van der Waals surface area contributed by atoms with E-state index in [-0.39, 0.29) is 25.0 Å². The van der Waals surface area contributed by atoms with E-state index in [4.69, 9.17) is 14.2 Å². The van der Waals surface area contributed by atoms with E-state index in [2.05, 4.69) is 0 Å². The van der Waals surface area contributed by atoms with E-state index in [1.807, 2.05) is 35.0 Å². The largest absolute Gasteiger partial charge is 0.493 e. The van der Waals surface area contributed by atoms with E-state index < -0.39 is 11.7 Å². The van der Waals surface area contributed by atoms with E-state index in [0.717, 1.165) is 23.0 Å². The van der Waals surface area contributed by atoms with Gasteiger partial charge in [0, 0.05) is 40.3 Å². The first-order chi connectivity index (χ1) is 19.2. The number of benzene rings is 3. The summed E-state index contributed by atoms with van der Waals surface area (Å²) in [5, 5.41) is 0.945. The van der Waals surface area contributed by atoms with Crippen LogP contribution in [0.3, 0.4) is 0 Å². The number of carbonyl (C=O) groups is 2. The predicted octanol–water partition coefficient (Wildman–Crippen LogP) is 6.23. The standard InChI is InChI=1S/C30H27F3N2O5/c1-2-38-28(36)19-34-14-13-20-17-23(11-12-26(20)34)39-15-4-16-40-27-6-3-5-24-25(27)18-35(29(24)37)22-9-7-21(8-10-22)30(31,32)33/h3,5-14,17H,2,4,15-16,18-19H2,1H3. The molecule has 0 unspecified atom stereocenters. The van der Waals surface area contributed by atoms with Crippen LogP contribution in [0.5, 0.6) is 11.5 Å². The van der Waals surface area contributed by atoms with Crippen molar-refractivity contribution < 1.29 is 37.0 Å². The fraction of sp³-hybridized carbons (Fsp3) is 0.267. The van der Waals surface area contributed by atoms with Crippen LogP contribution in [-0.4, -0.2) is 36.3 Å². The number of ether oxygens (including phenoxy) is 3. The average Bonchev–Trinajstić information content (AvgIpc) is 3.49. The van der Waals surface area contributed by atoms with Crippen LogP contribution in [-0.2, 0) is 28.8 Å². The van der Waals surface area contributed by atoms with Crippen LogP contribution < -0.4 is 14.4 Å². The highest BCUT2D eigenvalue weighted by Gasteiger charge is 2.33. The quantitative estimate of drug-likeness (QED) is 0.172. The molecule has 1 aliphatic heterocycles. The molecule has 0 bridgehead atoms. The maximum absolute atomic E-state index is 12.9. The smallest absolute Gasteiger partial charge is 0.416 e. The molecule has 40 heavy (non-hydrogen) atoms. The third kappa shape index (κ3) is 5.75. The van der Waals surface area contributed by atoms with Crippen molar-refractivity contribution in [3.05, 3.63) is 89.6 Å². The molecule has 1 amide bonds. The van der Waals surface area contributed by atoms with Gasteiger partial charge in [-0.2, -0.15) is 13.2 Å². The number of hydrogen-bond donors (Lipinski definition) is 0.